The van der Waals surface area contributed by atoms with Gasteiger partial charge in [-0.3, -0.25) is 9.78 Å². The van der Waals surface area contributed by atoms with Crippen LogP contribution in [0.15, 0.2) is 30.6 Å². The van der Waals surface area contributed by atoms with Gasteiger partial charge in [0, 0.05) is 11.8 Å². The van der Waals surface area contributed by atoms with Gasteiger partial charge in [0.1, 0.15) is 5.75 Å². The predicted molar refractivity (Wildman–Crippen MR) is 70.8 cm³/mol. The number of carbonyl (C=O) groups excluding carboxylic acids is 1. The van der Waals surface area contributed by atoms with Crippen molar-refractivity contribution in [2.24, 2.45) is 0 Å². The molecule has 0 atom stereocenters. The van der Waals surface area contributed by atoms with Crippen LogP contribution in [0.4, 0.5) is 5.69 Å². The number of ether oxygens (including phenoxy) is 1. The van der Waals surface area contributed by atoms with Crippen LogP contribution < -0.4 is 10.5 Å². The fourth-order valence-corrected chi connectivity index (χ4v) is 1.83. The number of nitrogen functional groups attached to an aromatic ring is 1. The number of carbonyl (C=O) groups is 1. The van der Waals surface area contributed by atoms with Gasteiger partial charge in [0.2, 0.25) is 0 Å². The number of aldehydes is 1. The topological polar surface area (TPSA) is 65.2 Å². The molecule has 0 fully saturated rings. The van der Waals surface area contributed by atoms with Crippen molar-refractivity contribution >= 4 is 12.0 Å². The van der Waals surface area contributed by atoms with E-state index < -0.39 is 0 Å². The van der Waals surface area contributed by atoms with E-state index in [0.29, 0.717) is 17.0 Å². The minimum Gasteiger partial charge on any atom is -0.496 e. The summed E-state index contributed by atoms with van der Waals surface area (Å²) in [5, 5.41) is 0. The number of hydrogen-bond donors (Lipinski definition) is 1. The van der Waals surface area contributed by atoms with Crippen LogP contribution >= 0.6 is 0 Å². The van der Waals surface area contributed by atoms with E-state index in [0.717, 1.165) is 23.0 Å². The monoisotopic (exact) mass is 242 g/mol. The largest absolute Gasteiger partial charge is 0.496 e. The van der Waals surface area contributed by atoms with Crippen molar-refractivity contribution in [1.82, 2.24) is 4.98 Å². The van der Waals surface area contributed by atoms with Crippen LogP contribution in [0.3, 0.4) is 0 Å². The molecule has 0 spiro atoms. The molecule has 0 aliphatic rings. The summed E-state index contributed by atoms with van der Waals surface area (Å²) in [4.78, 5) is 15.1. The molecule has 0 amide bonds. The average Bonchev–Trinajstić information content (AvgIpc) is 2.41. The number of anilines is 1. The first-order valence-corrected chi connectivity index (χ1v) is 5.51. The summed E-state index contributed by atoms with van der Waals surface area (Å²) in [6.07, 6.45) is 4.13. The first-order valence-electron chi connectivity index (χ1n) is 5.51. The third-order valence-electron chi connectivity index (χ3n) is 2.92. The van der Waals surface area contributed by atoms with Crippen LogP contribution in [-0.4, -0.2) is 18.4 Å². The summed E-state index contributed by atoms with van der Waals surface area (Å²) in [5.74, 6) is 0.559. The SMILES string of the molecule is COc1ccc(-c2cncc(N)c2C)cc1C=O. The molecule has 0 unspecified atom stereocenters. The highest BCUT2D eigenvalue weighted by atomic mass is 16.5. The number of nitrogens with two attached hydrogens (primary N) is 1. The third-order valence-corrected chi connectivity index (χ3v) is 2.92. The first kappa shape index (κ1) is 12.1. The molecular formula is C14H14N2O2. The Morgan fingerprint density at radius 1 is 1.33 bits per heavy atom. The van der Waals surface area contributed by atoms with Gasteiger partial charge >= 0.3 is 0 Å². The third kappa shape index (κ3) is 2.05. The molecule has 92 valence electrons. The van der Waals surface area contributed by atoms with Crippen molar-refractivity contribution < 1.29 is 9.53 Å². The highest BCUT2D eigenvalue weighted by Gasteiger charge is 2.08. The molecule has 1 heterocycles. The summed E-state index contributed by atoms with van der Waals surface area (Å²) in [5.41, 5.74) is 9.74. The lowest BCUT2D eigenvalue weighted by Gasteiger charge is -2.10. The molecule has 0 bridgehead atoms. The number of benzene rings is 1. The zero-order chi connectivity index (χ0) is 13.1. The van der Waals surface area contributed by atoms with Gasteiger partial charge in [0.15, 0.2) is 6.29 Å². The molecule has 0 aliphatic heterocycles. The normalized spacial score (nSPS) is 10.1. The van der Waals surface area contributed by atoms with Crippen LogP contribution in [0.2, 0.25) is 0 Å². The van der Waals surface area contributed by atoms with Gasteiger partial charge in [-0.05, 0) is 30.2 Å². The maximum Gasteiger partial charge on any atom is 0.153 e. The number of rotatable bonds is 3. The Kier molecular flexibility index (Phi) is 3.28. The summed E-state index contributed by atoms with van der Waals surface area (Å²) < 4.78 is 5.11. The van der Waals surface area contributed by atoms with Gasteiger partial charge in [-0.2, -0.15) is 0 Å². The first-order chi connectivity index (χ1) is 8.67. The van der Waals surface area contributed by atoms with E-state index in [1.807, 2.05) is 13.0 Å². The number of pyridine rings is 1. The van der Waals surface area contributed by atoms with Gasteiger partial charge < -0.3 is 10.5 Å². The number of aromatic nitrogens is 1. The van der Waals surface area contributed by atoms with E-state index >= 15 is 0 Å². The van der Waals surface area contributed by atoms with Crippen molar-refractivity contribution in [2.45, 2.75) is 6.92 Å². The lowest BCUT2D eigenvalue weighted by molar-refractivity contribution is 0.112. The van der Waals surface area contributed by atoms with Crippen molar-refractivity contribution in [3.05, 3.63) is 41.7 Å². The Balaban J connectivity index is 2.58. The van der Waals surface area contributed by atoms with Gasteiger partial charge in [-0.1, -0.05) is 6.07 Å². The van der Waals surface area contributed by atoms with Crippen LogP contribution in [0.1, 0.15) is 15.9 Å². The summed E-state index contributed by atoms with van der Waals surface area (Å²) in [6, 6.07) is 5.42. The minimum atomic E-state index is 0.511. The van der Waals surface area contributed by atoms with E-state index in [1.165, 1.54) is 7.11 Å². The molecule has 4 nitrogen and oxygen atoms in total. The highest BCUT2D eigenvalue weighted by molar-refractivity contribution is 5.84. The molecular weight excluding hydrogens is 228 g/mol. The van der Waals surface area contributed by atoms with Crippen LogP contribution in [0, 0.1) is 6.92 Å². The molecule has 4 heteroatoms. The van der Waals surface area contributed by atoms with E-state index in [9.17, 15) is 4.79 Å². The van der Waals surface area contributed by atoms with Gasteiger partial charge in [-0.25, -0.2) is 0 Å². The minimum absolute atomic E-state index is 0.511. The molecule has 18 heavy (non-hydrogen) atoms. The van der Waals surface area contributed by atoms with Crippen LogP contribution in [-0.2, 0) is 0 Å². The maximum atomic E-state index is 11.0. The van der Waals surface area contributed by atoms with Gasteiger partial charge in [0.25, 0.3) is 0 Å². The number of hydrogen-bond acceptors (Lipinski definition) is 4. The van der Waals surface area contributed by atoms with Crippen molar-refractivity contribution in [1.29, 1.82) is 0 Å². The average molecular weight is 242 g/mol. The Hall–Kier alpha value is -2.36. The van der Waals surface area contributed by atoms with Gasteiger partial charge in [0.05, 0.1) is 24.6 Å². The zero-order valence-electron chi connectivity index (χ0n) is 10.3. The molecule has 2 aromatic rings. The van der Waals surface area contributed by atoms with E-state index in [-0.39, 0.29) is 0 Å². The molecule has 0 radical (unpaired) electrons. The predicted octanol–water partition coefficient (Wildman–Crippen LogP) is 2.46. The van der Waals surface area contributed by atoms with Crippen LogP contribution in [0.5, 0.6) is 5.75 Å². The van der Waals surface area contributed by atoms with Crippen molar-refractivity contribution in [3.63, 3.8) is 0 Å². The van der Waals surface area contributed by atoms with Crippen LogP contribution in [0.25, 0.3) is 11.1 Å². The summed E-state index contributed by atoms with van der Waals surface area (Å²) >= 11 is 0. The molecule has 1 aromatic heterocycles. The Bertz CT molecular complexity index is 594. The number of methoxy groups -OCH3 is 1. The fraction of sp³-hybridized carbons (Fsp3) is 0.143. The fourth-order valence-electron chi connectivity index (χ4n) is 1.83. The second-order valence-electron chi connectivity index (χ2n) is 3.98. The molecule has 0 saturated heterocycles. The molecule has 2 rings (SSSR count). The van der Waals surface area contributed by atoms with Crippen molar-refractivity contribution in [3.8, 4) is 16.9 Å². The van der Waals surface area contributed by atoms with Gasteiger partial charge in [-0.15, -0.1) is 0 Å². The highest BCUT2D eigenvalue weighted by Crippen LogP contribution is 2.29. The maximum absolute atomic E-state index is 11.0. The molecule has 0 aliphatic carbocycles. The Morgan fingerprint density at radius 2 is 2.11 bits per heavy atom. The quantitative estimate of drug-likeness (QED) is 0.840. The molecule has 2 N–H and O–H groups in total. The Morgan fingerprint density at radius 3 is 2.78 bits per heavy atom. The molecule has 1 aromatic carbocycles. The number of nitrogens with zero attached hydrogens (tertiary/aromatic N) is 1. The second-order valence-corrected chi connectivity index (χ2v) is 3.98. The summed E-state index contributed by atoms with van der Waals surface area (Å²) in [7, 11) is 1.54. The summed E-state index contributed by atoms with van der Waals surface area (Å²) in [6.45, 7) is 1.93. The lowest BCUT2D eigenvalue weighted by Crippen LogP contribution is -1.95. The lowest BCUT2D eigenvalue weighted by atomic mass is 10.00. The smallest absolute Gasteiger partial charge is 0.153 e. The van der Waals surface area contributed by atoms with E-state index in [2.05, 4.69) is 4.98 Å². The van der Waals surface area contributed by atoms with E-state index in [1.54, 1.807) is 24.5 Å². The van der Waals surface area contributed by atoms with Crippen molar-refractivity contribution in [2.75, 3.05) is 12.8 Å². The molecule has 0 saturated carbocycles. The van der Waals surface area contributed by atoms with E-state index in [4.69, 9.17) is 10.5 Å². The zero-order valence-corrected chi connectivity index (χ0v) is 10.3. The second kappa shape index (κ2) is 4.87. The standard InChI is InChI=1S/C14H14N2O2/c1-9-12(6-16-7-13(9)15)10-3-4-14(18-2)11(5-10)8-17/h3-8H,15H2,1-2H3. The Labute approximate surface area is 105 Å².